The largest absolute Gasteiger partial charge is 0.378 e. The van der Waals surface area contributed by atoms with E-state index in [1.54, 1.807) is 0 Å². The van der Waals surface area contributed by atoms with Crippen LogP contribution in [0.2, 0.25) is 0 Å². The van der Waals surface area contributed by atoms with E-state index < -0.39 is 0 Å². The van der Waals surface area contributed by atoms with Gasteiger partial charge in [0.15, 0.2) is 0 Å². The maximum atomic E-state index is 4.43. The molecule has 0 aliphatic carbocycles. The highest BCUT2D eigenvalue weighted by Crippen LogP contribution is 2.13. The lowest BCUT2D eigenvalue weighted by Gasteiger charge is -2.11. The summed E-state index contributed by atoms with van der Waals surface area (Å²) in [6.07, 6.45) is 3.87. The smallest absolute Gasteiger partial charge is 0.132 e. The lowest BCUT2D eigenvalue weighted by molar-refractivity contribution is 0.927. The molecule has 17 heavy (non-hydrogen) atoms. The van der Waals surface area contributed by atoms with E-state index >= 15 is 0 Å². The molecule has 0 unspecified atom stereocenters. The zero-order chi connectivity index (χ0) is 12.3. The Kier molecular flexibility index (Phi) is 3.28. The van der Waals surface area contributed by atoms with Crippen molar-refractivity contribution in [3.8, 4) is 0 Å². The van der Waals surface area contributed by atoms with Gasteiger partial charge in [0.05, 0.1) is 0 Å². The van der Waals surface area contributed by atoms with Gasteiger partial charge >= 0.3 is 0 Å². The van der Waals surface area contributed by atoms with Gasteiger partial charge in [0.1, 0.15) is 5.82 Å². The summed E-state index contributed by atoms with van der Waals surface area (Å²) in [5, 5.41) is 0. The van der Waals surface area contributed by atoms with Gasteiger partial charge in [-0.15, -0.1) is 0 Å². The molecule has 3 heteroatoms. The van der Waals surface area contributed by atoms with Crippen molar-refractivity contribution in [2.75, 3.05) is 19.0 Å². The van der Waals surface area contributed by atoms with E-state index in [0.29, 0.717) is 0 Å². The standard InChI is InChI=1S/C14H17N3/c1-16(2)13-8-6-12(7-9-13)11-15-14-5-4-10-17(14)3/h4-11H,1-3H3. The maximum Gasteiger partial charge on any atom is 0.132 e. The Balaban J connectivity index is 2.14. The summed E-state index contributed by atoms with van der Waals surface area (Å²) >= 11 is 0. The molecule has 0 N–H and O–H groups in total. The van der Waals surface area contributed by atoms with Crippen LogP contribution in [0.1, 0.15) is 5.56 Å². The van der Waals surface area contributed by atoms with Crippen LogP contribution in [0.25, 0.3) is 0 Å². The minimum Gasteiger partial charge on any atom is -0.378 e. The van der Waals surface area contributed by atoms with Crippen LogP contribution in [0, 0.1) is 0 Å². The molecular formula is C14H17N3. The molecule has 0 aliphatic rings. The Bertz CT molecular complexity index is 507. The van der Waals surface area contributed by atoms with Crippen LogP contribution in [0.5, 0.6) is 0 Å². The molecule has 3 nitrogen and oxygen atoms in total. The van der Waals surface area contributed by atoms with Gasteiger partial charge in [-0.05, 0) is 29.8 Å². The Morgan fingerprint density at radius 1 is 1.12 bits per heavy atom. The predicted octanol–water partition coefficient (Wildman–Crippen LogP) is 2.84. The molecule has 0 saturated carbocycles. The van der Waals surface area contributed by atoms with Crippen LogP contribution in [0.15, 0.2) is 47.6 Å². The highest BCUT2D eigenvalue weighted by atomic mass is 15.1. The third-order valence-corrected chi connectivity index (χ3v) is 2.67. The first kappa shape index (κ1) is 11.5. The van der Waals surface area contributed by atoms with Crippen LogP contribution in [0.3, 0.4) is 0 Å². The summed E-state index contributed by atoms with van der Waals surface area (Å²) in [6, 6.07) is 12.3. The van der Waals surface area contributed by atoms with Crippen molar-refractivity contribution in [2.45, 2.75) is 0 Å². The zero-order valence-electron chi connectivity index (χ0n) is 10.5. The van der Waals surface area contributed by atoms with E-state index in [4.69, 9.17) is 0 Å². The number of nitrogens with zero attached hydrogens (tertiary/aromatic N) is 3. The number of aromatic nitrogens is 1. The molecule has 0 saturated heterocycles. The molecule has 0 fully saturated rings. The van der Waals surface area contributed by atoms with Crippen LogP contribution >= 0.6 is 0 Å². The lowest BCUT2D eigenvalue weighted by Crippen LogP contribution is -2.08. The topological polar surface area (TPSA) is 20.5 Å². The number of anilines is 1. The van der Waals surface area contributed by atoms with Crippen LogP contribution in [-0.2, 0) is 7.05 Å². The summed E-state index contributed by atoms with van der Waals surface area (Å²) in [7, 11) is 6.06. The summed E-state index contributed by atoms with van der Waals surface area (Å²) in [5.74, 6) is 0.960. The fraction of sp³-hybridized carbons (Fsp3) is 0.214. The zero-order valence-corrected chi connectivity index (χ0v) is 10.5. The van der Waals surface area contributed by atoms with Crippen LogP contribution in [-0.4, -0.2) is 24.9 Å². The van der Waals surface area contributed by atoms with Crippen molar-refractivity contribution < 1.29 is 0 Å². The molecule has 0 amide bonds. The maximum absolute atomic E-state index is 4.43. The second-order valence-electron chi connectivity index (χ2n) is 4.22. The van der Waals surface area contributed by atoms with Gasteiger partial charge in [-0.25, -0.2) is 4.99 Å². The highest BCUT2D eigenvalue weighted by molar-refractivity contribution is 5.82. The van der Waals surface area contributed by atoms with Gasteiger partial charge in [0, 0.05) is 39.2 Å². The number of aliphatic imine (C=N–C) groups is 1. The normalized spacial score (nSPS) is 11.0. The molecular weight excluding hydrogens is 210 g/mol. The number of aryl methyl sites for hydroxylation is 1. The first-order valence-electron chi connectivity index (χ1n) is 5.59. The van der Waals surface area contributed by atoms with Crippen LogP contribution in [0.4, 0.5) is 11.5 Å². The quantitative estimate of drug-likeness (QED) is 0.738. The minimum atomic E-state index is 0.960. The third-order valence-electron chi connectivity index (χ3n) is 2.67. The first-order valence-corrected chi connectivity index (χ1v) is 5.59. The lowest BCUT2D eigenvalue weighted by atomic mass is 10.2. The second kappa shape index (κ2) is 4.87. The summed E-state index contributed by atoms with van der Waals surface area (Å²) in [6.45, 7) is 0. The highest BCUT2D eigenvalue weighted by Gasteiger charge is 1.95. The van der Waals surface area contributed by atoms with Gasteiger partial charge in [-0.1, -0.05) is 12.1 Å². The monoisotopic (exact) mass is 227 g/mol. The molecule has 0 bridgehead atoms. The molecule has 0 atom stereocenters. The summed E-state index contributed by atoms with van der Waals surface area (Å²) in [4.78, 5) is 6.52. The summed E-state index contributed by atoms with van der Waals surface area (Å²) in [5.41, 5.74) is 2.30. The Morgan fingerprint density at radius 2 is 1.82 bits per heavy atom. The Labute approximate surface area is 102 Å². The van der Waals surface area contributed by atoms with Crippen molar-refractivity contribution >= 4 is 17.7 Å². The molecule has 0 radical (unpaired) electrons. The molecule has 88 valence electrons. The average molecular weight is 227 g/mol. The van der Waals surface area contributed by atoms with Gasteiger partial charge in [0.25, 0.3) is 0 Å². The molecule has 0 spiro atoms. The van der Waals surface area contributed by atoms with E-state index in [1.165, 1.54) is 5.69 Å². The van der Waals surface area contributed by atoms with Crippen molar-refractivity contribution in [1.82, 2.24) is 4.57 Å². The van der Waals surface area contributed by atoms with E-state index in [9.17, 15) is 0 Å². The fourth-order valence-corrected chi connectivity index (χ4v) is 1.59. The second-order valence-corrected chi connectivity index (χ2v) is 4.22. The van der Waals surface area contributed by atoms with Crippen LogP contribution < -0.4 is 4.90 Å². The fourth-order valence-electron chi connectivity index (χ4n) is 1.59. The molecule has 1 aromatic heterocycles. The average Bonchev–Trinajstić information content (AvgIpc) is 2.73. The van der Waals surface area contributed by atoms with Crippen molar-refractivity contribution in [3.05, 3.63) is 48.2 Å². The predicted molar refractivity (Wildman–Crippen MR) is 73.4 cm³/mol. The molecule has 0 aliphatic heterocycles. The number of hydrogen-bond donors (Lipinski definition) is 0. The van der Waals surface area contributed by atoms with Gasteiger partial charge < -0.3 is 9.47 Å². The van der Waals surface area contributed by atoms with Crippen molar-refractivity contribution in [2.24, 2.45) is 12.0 Å². The van der Waals surface area contributed by atoms with E-state index in [0.717, 1.165) is 11.4 Å². The first-order chi connectivity index (χ1) is 8.16. The summed E-state index contributed by atoms with van der Waals surface area (Å²) < 4.78 is 1.99. The van der Waals surface area contributed by atoms with Gasteiger partial charge in [-0.3, -0.25) is 0 Å². The SMILES string of the molecule is CN(C)c1ccc(C=Nc2cccn2C)cc1. The third kappa shape index (κ3) is 2.75. The molecule has 2 rings (SSSR count). The molecule has 1 heterocycles. The van der Waals surface area contributed by atoms with Gasteiger partial charge in [0.2, 0.25) is 0 Å². The molecule has 1 aromatic carbocycles. The molecule has 2 aromatic rings. The van der Waals surface area contributed by atoms with Crippen molar-refractivity contribution in [1.29, 1.82) is 0 Å². The van der Waals surface area contributed by atoms with E-state index in [2.05, 4.69) is 34.2 Å². The Morgan fingerprint density at radius 3 is 2.35 bits per heavy atom. The minimum absolute atomic E-state index is 0.960. The number of hydrogen-bond acceptors (Lipinski definition) is 2. The number of benzene rings is 1. The van der Waals surface area contributed by atoms with E-state index in [-0.39, 0.29) is 0 Å². The van der Waals surface area contributed by atoms with E-state index in [1.807, 2.05) is 50.3 Å². The number of rotatable bonds is 3. The van der Waals surface area contributed by atoms with Gasteiger partial charge in [-0.2, -0.15) is 0 Å². The van der Waals surface area contributed by atoms with Crippen molar-refractivity contribution in [3.63, 3.8) is 0 Å². The Hall–Kier alpha value is -2.03.